The Bertz CT molecular complexity index is 495. The Morgan fingerprint density at radius 2 is 2.16 bits per heavy atom. The van der Waals surface area contributed by atoms with E-state index in [9.17, 15) is 9.59 Å². The number of anilines is 1. The lowest BCUT2D eigenvalue weighted by molar-refractivity contribution is 0.0530. The fourth-order valence-corrected chi connectivity index (χ4v) is 1.34. The molecule has 0 aliphatic carbocycles. The SMILES string of the molecule is CC(C)(C)OC(=O)NCCNc1cn[nH]c(=O)c1Cl. The van der Waals surface area contributed by atoms with E-state index in [-0.39, 0.29) is 5.02 Å². The Labute approximate surface area is 115 Å². The molecule has 0 unspecified atom stereocenters. The number of aromatic nitrogens is 2. The molecule has 19 heavy (non-hydrogen) atoms. The van der Waals surface area contributed by atoms with E-state index >= 15 is 0 Å². The van der Waals surface area contributed by atoms with Gasteiger partial charge in [-0.2, -0.15) is 5.10 Å². The van der Waals surface area contributed by atoms with Crippen LogP contribution < -0.4 is 16.2 Å². The highest BCUT2D eigenvalue weighted by Gasteiger charge is 2.15. The van der Waals surface area contributed by atoms with Crippen LogP contribution in [0.4, 0.5) is 10.5 Å². The van der Waals surface area contributed by atoms with Crippen molar-refractivity contribution in [3.63, 3.8) is 0 Å². The molecule has 0 aromatic carbocycles. The minimum atomic E-state index is -0.530. The van der Waals surface area contributed by atoms with E-state index in [0.717, 1.165) is 0 Å². The standard InChI is InChI=1S/C11H17ClN4O3/c1-11(2,3)19-10(18)14-5-4-13-7-6-15-16-9(17)8(7)12/h6H,4-5H2,1-3H3,(H,14,18)(H2,13,16,17). The maximum atomic E-state index is 11.3. The van der Waals surface area contributed by atoms with Crippen molar-refractivity contribution in [1.82, 2.24) is 15.5 Å². The second kappa shape index (κ2) is 6.42. The summed E-state index contributed by atoms with van der Waals surface area (Å²) in [6.07, 6.45) is 0.904. The molecule has 0 fully saturated rings. The molecule has 0 atom stereocenters. The minimum absolute atomic E-state index is 0.0345. The molecule has 0 saturated carbocycles. The fourth-order valence-electron chi connectivity index (χ4n) is 1.18. The van der Waals surface area contributed by atoms with Gasteiger partial charge < -0.3 is 15.4 Å². The van der Waals surface area contributed by atoms with Crippen molar-refractivity contribution in [2.45, 2.75) is 26.4 Å². The van der Waals surface area contributed by atoms with Gasteiger partial charge in [0.15, 0.2) is 0 Å². The highest BCUT2D eigenvalue weighted by atomic mass is 35.5. The van der Waals surface area contributed by atoms with E-state index in [0.29, 0.717) is 18.8 Å². The van der Waals surface area contributed by atoms with Crippen LogP contribution in [0.15, 0.2) is 11.0 Å². The van der Waals surface area contributed by atoms with Gasteiger partial charge in [-0.15, -0.1) is 0 Å². The van der Waals surface area contributed by atoms with E-state index in [4.69, 9.17) is 16.3 Å². The van der Waals surface area contributed by atoms with Gasteiger partial charge in [0.1, 0.15) is 10.6 Å². The van der Waals surface area contributed by atoms with Crippen molar-refractivity contribution in [1.29, 1.82) is 0 Å². The maximum absolute atomic E-state index is 11.3. The summed E-state index contributed by atoms with van der Waals surface area (Å²) in [6, 6.07) is 0. The van der Waals surface area contributed by atoms with E-state index in [2.05, 4.69) is 20.8 Å². The zero-order valence-electron chi connectivity index (χ0n) is 11.0. The third kappa shape index (κ3) is 5.60. The largest absolute Gasteiger partial charge is 0.444 e. The molecular formula is C11H17ClN4O3. The molecule has 3 N–H and O–H groups in total. The summed E-state index contributed by atoms with van der Waals surface area (Å²) in [7, 11) is 0. The Morgan fingerprint density at radius 3 is 2.79 bits per heavy atom. The summed E-state index contributed by atoms with van der Waals surface area (Å²) < 4.78 is 5.06. The summed E-state index contributed by atoms with van der Waals surface area (Å²) in [5, 5.41) is 11.3. The van der Waals surface area contributed by atoms with Crippen LogP contribution >= 0.6 is 11.6 Å². The normalized spacial score (nSPS) is 10.9. The first-order valence-corrected chi connectivity index (χ1v) is 6.11. The van der Waals surface area contributed by atoms with Crippen molar-refractivity contribution in [2.75, 3.05) is 18.4 Å². The number of rotatable bonds is 4. The van der Waals surface area contributed by atoms with Crippen LogP contribution in [-0.4, -0.2) is 35.0 Å². The van der Waals surface area contributed by atoms with Crippen LogP contribution in [0, 0.1) is 0 Å². The molecule has 1 amide bonds. The van der Waals surface area contributed by atoms with Gasteiger partial charge in [0.05, 0.1) is 11.9 Å². The number of ether oxygens (including phenoxy) is 1. The number of nitrogens with zero attached hydrogens (tertiary/aromatic N) is 1. The lowest BCUT2D eigenvalue weighted by Crippen LogP contribution is -2.35. The van der Waals surface area contributed by atoms with E-state index < -0.39 is 17.3 Å². The highest BCUT2D eigenvalue weighted by Crippen LogP contribution is 2.13. The van der Waals surface area contributed by atoms with Gasteiger partial charge >= 0.3 is 6.09 Å². The third-order valence-corrected chi connectivity index (χ3v) is 2.28. The number of aromatic amines is 1. The number of carbonyl (C=O) groups excluding carboxylic acids is 1. The molecule has 1 rings (SSSR count). The van der Waals surface area contributed by atoms with Crippen molar-refractivity contribution >= 4 is 23.4 Å². The average molecular weight is 289 g/mol. The number of amides is 1. The zero-order chi connectivity index (χ0) is 14.5. The number of carbonyl (C=O) groups is 1. The first kappa shape index (κ1) is 15.3. The fraction of sp³-hybridized carbons (Fsp3) is 0.545. The van der Waals surface area contributed by atoms with Crippen molar-refractivity contribution in [3.05, 3.63) is 21.6 Å². The number of H-pyrrole nitrogens is 1. The first-order chi connectivity index (χ1) is 8.79. The second-order valence-corrected chi connectivity index (χ2v) is 5.16. The zero-order valence-corrected chi connectivity index (χ0v) is 11.8. The minimum Gasteiger partial charge on any atom is -0.444 e. The molecular weight excluding hydrogens is 272 g/mol. The van der Waals surface area contributed by atoms with Gasteiger partial charge in [-0.05, 0) is 20.8 Å². The molecule has 0 bridgehead atoms. The van der Waals surface area contributed by atoms with E-state index in [1.165, 1.54) is 6.20 Å². The molecule has 1 aromatic rings. The van der Waals surface area contributed by atoms with Gasteiger partial charge in [0.25, 0.3) is 5.56 Å². The molecule has 106 valence electrons. The molecule has 7 nitrogen and oxygen atoms in total. The predicted octanol–water partition coefficient (Wildman–Crippen LogP) is 1.36. The van der Waals surface area contributed by atoms with Crippen molar-refractivity contribution in [2.24, 2.45) is 0 Å². The van der Waals surface area contributed by atoms with E-state index in [1.807, 2.05) is 0 Å². The lowest BCUT2D eigenvalue weighted by atomic mass is 10.2. The smallest absolute Gasteiger partial charge is 0.407 e. The van der Waals surface area contributed by atoms with Gasteiger partial charge in [-0.1, -0.05) is 11.6 Å². The third-order valence-electron chi connectivity index (χ3n) is 1.90. The van der Waals surface area contributed by atoms with Crippen molar-refractivity contribution < 1.29 is 9.53 Å². The Morgan fingerprint density at radius 1 is 1.47 bits per heavy atom. The quantitative estimate of drug-likeness (QED) is 0.727. The highest BCUT2D eigenvalue weighted by molar-refractivity contribution is 6.32. The first-order valence-electron chi connectivity index (χ1n) is 5.73. The van der Waals surface area contributed by atoms with Gasteiger partial charge in [0.2, 0.25) is 0 Å². The molecule has 1 heterocycles. The van der Waals surface area contributed by atoms with Crippen LogP contribution in [-0.2, 0) is 4.74 Å². The summed E-state index contributed by atoms with van der Waals surface area (Å²) in [5.41, 5.74) is -0.583. The predicted molar refractivity (Wildman–Crippen MR) is 72.6 cm³/mol. The Kier molecular flexibility index (Phi) is 5.17. The number of nitrogens with one attached hydrogen (secondary N) is 3. The molecule has 0 aliphatic heterocycles. The van der Waals surface area contributed by atoms with Crippen LogP contribution in [0.3, 0.4) is 0 Å². The number of halogens is 1. The summed E-state index contributed by atoms with van der Waals surface area (Å²) >= 11 is 5.76. The number of hydrogen-bond acceptors (Lipinski definition) is 5. The molecule has 0 radical (unpaired) electrons. The van der Waals surface area contributed by atoms with E-state index in [1.54, 1.807) is 20.8 Å². The van der Waals surface area contributed by atoms with Crippen LogP contribution in [0.25, 0.3) is 0 Å². The average Bonchev–Trinajstić information content (AvgIpc) is 2.27. The van der Waals surface area contributed by atoms with Crippen LogP contribution in [0.5, 0.6) is 0 Å². The monoisotopic (exact) mass is 288 g/mol. The molecule has 0 saturated heterocycles. The molecule has 0 spiro atoms. The van der Waals surface area contributed by atoms with Gasteiger partial charge in [-0.25, -0.2) is 9.89 Å². The number of alkyl carbamates (subject to hydrolysis) is 1. The lowest BCUT2D eigenvalue weighted by Gasteiger charge is -2.19. The summed E-state index contributed by atoms with van der Waals surface area (Å²) in [6.45, 7) is 6.08. The van der Waals surface area contributed by atoms with Crippen LogP contribution in [0.2, 0.25) is 5.02 Å². The maximum Gasteiger partial charge on any atom is 0.407 e. The molecule has 0 aliphatic rings. The van der Waals surface area contributed by atoms with Crippen molar-refractivity contribution in [3.8, 4) is 0 Å². The topological polar surface area (TPSA) is 96.1 Å². The van der Waals surface area contributed by atoms with Gasteiger partial charge in [-0.3, -0.25) is 4.79 Å². The summed E-state index contributed by atoms with van der Waals surface area (Å²) in [4.78, 5) is 22.5. The molecule has 1 aromatic heterocycles. The Balaban J connectivity index is 2.34. The second-order valence-electron chi connectivity index (χ2n) is 4.78. The Hall–Kier alpha value is -1.76. The van der Waals surface area contributed by atoms with Crippen LogP contribution in [0.1, 0.15) is 20.8 Å². The molecule has 8 heteroatoms. The summed E-state index contributed by atoms with van der Waals surface area (Å²) in [5.74, 6) is 0. The van der Waals surface area contributed by atoms with Gasteiger partial charge in [0, 0.05) is 13.1 Å². The number of hydrogen-bond donors (Lipinski definition) is 3.